The number of halogens is 1. The fourth-order valence-corrected chi connectivity index (χ4v) is 5.79. The Labute approximate surface area is 217 Å². The molecule has 0 radical (unpaired) electrons. The molecule has 5 rings (SSSR count). The third-order valence-electron chi connectivity index (χ3n) is 6.08. The second-order valence-electron chi connectivity index (χ2n) is 8.53. The number of benzene rings is 4. The Morgan fingerprint density at radius 2 is 1.69 bits per heavy atom. The number of carbonyl (C=O) groups is 2. The summed E-state index contributed by atoms with van der Waals surface area (Å²) >= 11 is 8.68. The molecule has 0 unspecified atom stereocenters. The summed E-state index contributed by atoms with van der Waals surface area (Å²) < 4.78 is 2.15. The maximum absolute atomic E-state index is 11.8. The van der Waals surface area contributed by atoms with Crippen LogP contribution < -0.4 is 5.32 Å². The Hall–Kier alpha value is -3.74. The highest BCUT2D eigenvalue weighted by atomic mass is 35.5. The number of nitrogens with zero attached hydrogens (tertiary/aromatic N) is 1. The predicted molar refractivity (Wildman–Crippen MR) is 147 cm³/mol. The predicted octanol–water partition coefficient (Wildman–Crippen LogP) is 7.45. The molecule has 0 aliphatic rings. The number of amides is 1. The zero-order chi connectivity index (χ0) is 25.2. The monoisotopic (exact) mass is 514 g/mol. The third kappa shape index (κ3) is 4.83. The zero-order valence-corrected chi connectivity index (χ0v) is 21.1. The Morgan fingerprint density at radius 3 is 2.42 bits per heavy atom. The smallest absolute Gasteiger partial charge is 0.335 e. The molecule has 5 nitrogen and oxygen atoms in total. The normalized spacial score (nSPS) is 11.2. The molecule has 0 saturated carbocycles. The van der Waals surface area contributed by atoms with Gasteiger partial charge >= 0.3 is 5.97 Å². The highest BCUT2D eigenvalue weighted by Crippen LogP contribution is 2.39. The van der Waals surface area contributed by atoms with E-state index in [1.165, 1.54) is 17.7 Å². The van der Waals surface area contributed by atoms with Crippen molar-refractivity contribution in [2.45, 2.75) is 24.1 Å². The summed E-state index contributed by atoms with van der Waals surface area (Å²) in [5.74, 6) is -0.496. The van der Waals surface area contributed by atoms with Crippen molar-refractivity contribution in [3.8, 4) is 0 Å². The van der Waals surface area contributed by atoms with Crippen LogP contribution in [0.25, 0.3) is 21.7 Å². The van der Waals surface area contributed by atoms with Crippen molar-refractivity contribution < 1.29 is 14.7 Å². The highest BCUT2D eigenvalue weighted by Gasteiger charge is 2.20. The molecule has 0 saturated heterocycles. The summed E-state index contributed by atoms with van der Waals surface area (Å²) in [4.78, 5) is 24.2. The summed E-state index contributed by atoms with van der Waals surface area (Å²) in [6.07, 6.45) is 0. The molecule has 0 aliphatic carbocycles. The van der Waals surface area contributed by atoms with Crippen LogP contribution in [-0.2, 0) is 17.1 Å². The summed E-state index contributed by atoms with van der Waals surface area (Å²) in [5, 5.41) is 15.9. The van der Waals surface area contributed by atoms with Gasteiger partial charge in [0.1, 0.15) is 0 Å². The Bertz CT molecular complexity index is 1610. The molecule has 0 bridgehead atoms. The van der Waals surface area contributed by atoms with Gasteiger partial charge in [-0.15, -0.1) is 11.8 Å². The van der Waals surface area contributed by atoms with Crippen molar-refractivity contribution in [1.82, 2.24) is 4.57 Å². The van der Waals surface area contributed by atoms with Gasteiger partial charge in [-0.05, 0) is 52.7 Å². The molecule has 1 heterocycles. The minimum absolute atomic E-state index is 0.164. The molecule has 1 amide bonds. The number of aromatic nitrogens is 1. The minimum Gasteiger partial charge on any atom is -0.478 e. The van der Waals surface area contributed by atoms with Crippen LogP contribution in [0.15, 0.2) is 89.8 Å². The van der Waals surface area contributed by atoms with Crippen LogP contribution in [0, 0.1) is 0 Å². The summed E-state index contributed by atoms with van der Waals surface area (Å²) in [6, 6.07) is 27.3. The van der Waals surface area contributed by atoms with E-state index in [1.54, 1.807) is 23.9 Å². The number of aromatic carboxylic acids is 1. The van der Waals surface area contributed by atoms with Gasteiger partial charge < -0.3 is 15.0 Å². The topological polar surface area (TPSA) is 71.3 Å². The van der Waals surface area contributed by atoms with Crippen molar-refractivity contribution >= 4 is 62.6 Å². The molecular weight excluding hydrogens is 492 g/mol. The van der Waals surface area contributed by atoms with E-state index in [2.05, 4.69) is 40.2 Å². The standard InChI is InChI=1S/C29H23ClN2O3S/c1-18(33)31-24-7-4-8-25-27(24)28(30)26(32(25)16-19-9-11-21(12-10-19)29(34)35)17-36-23-14-13-20-5-2-3-6-22(20)15-23/h2-15H,16-17H2,1H3,(H,31,33)(H,34,35). The van der Waals surface area contributed by atoms with Gasteiger partial charge in [0.05, 0.1) is 21.8 Å². The maximum atomic E-state index is 11.8. The first-order valence-corrected chi connectivity index (χ1v) is 12.8. The van der Waals surface area contributed by atoms with Gasteiger partial charge in [-0.1, -0.05) is 60.1 Å². The van der Waals surface area contributed by atoms with Crippen LogP contribution in [-0.4, -0.2) is 21.6 Å². The zero-order valence-electron chi connectivity index (χ0n) is 19.5. The molecule has 7 heteroatoms. The average Bonchev–Trinajstić information content (AvgIpc) is 3.14. The Kier molecular flexibility index (Phi) is 6.72. The van der Waals surface area contributed by atoms with Gasteiger partial charge in [0.25, 0.3) is 0 Å². The van der Waals surface area contributed by atoms with Crippen LogP contribution in [0.1, 0.15) is 28.5 Å². The average molecular weight is 515 g/mol. The van der Waals surface area contributed by atoms with Crippen LogP contribution in [0.2, 0.25) is 5.02 Å². The summed E-state index contributed by atoms with van der Waals surface area (Å²) in [7, 11) is 0. The second kappa shape index (κ2) is 10.1. The highest BCUT2D eigenvalue weighted by molar-refractivity contribution is 7.98. The largest absolute Gasteiger partial charge is 0.478 e. The van der Waals surface area contributed by atoms with E-state index in [4.69, 9.17) is 11.6 Å². The molecule has 1 aromatic heterocycles. The number of thioether (sulfide) groups is 1. The number of anilines is 1. The first-order chi connectivity index (χ1) is 17.4. The minimum atomic E-state index is -0.955. The SMILES string of the molecule is CC(=O)Nc1cccc2c1c(Cl)c(CSc1ccc3ccccc3c1)n2Cc1ccc(C(=O)O)cc1. The summed E-state index contributed by atoms with van der Waals surface area (Å²) in [5.41, 5.74) is 3.71. The van der Waals surface area contributed by atoms with E-state index < -0.39 is 5.97 Å². The van der Waals surface area contributed by atoms with Crippen molar-refractivity contribution in [2.24, 2.45) is 0 Å². The maximum Gasteiger partial charge on any atom is 0.335 e. The van der Waals surface area contributed by atoms with Gasteiger partial charge in [-0.3, -0.25) is 4.79 Å². The van der Waals surface area contributed by atoms with Gasteiger partial charge in [0, 0.05) is 35.2 Å². The molecule has 0 spiro atoms. The fraction of sp³-hybridized carbons (Fsp3) is 0.103. The molecule has 4 aromatic carbocycles. The molecule has 0 atom stereocenters. The Balaban J connectivity index is 1.55. The van der Waals surface area contributed by atoms with Crippen LogP contribution in [0.5, 0.6) is 0 Å². The molecule has 0 aliphatic heterocycles. The van der Waals surface area contributed by atoms with Crippen LogP contribution in [0.4, 0.5) is 5.69 Å². The molecule has 2 N–H and O–H groups in total. The van der Waals surface area contributed by atoms with E-state index >= 15 is 0 Å². The fourth-order valence-electron chi connectivity index (χ4n) is 4.36. The first-order valence-electron chi connectivity index (χ1n) is 11.4. The number of carboxylic acids is 1. The van der Waals surface area contributed by atoms with Crippen LogP contribution >= 0.6 is 23.4 Å². The number of fused-ring (bicyclic) bond motifs is 2. The lowest BCUT2D eigenvalue weighted by Crippen LogP contribution is -2.06. The number of nitrogens with one attached hydrogen (secondary N) is 1. The molecule has 5 aromatic rings. The van der Waals surface area contributed by atoms with Gasteiger partial charge in [-0.25, -0.2) is 4.79 Å². The van der Waals surface area contributed by atoms with E-state index in [9.17, 15) is 14.7 Å². The van der Waals surface area contributed by atoms with E-state index in [-0.39, 0.29) is 11.5 Å². The van der Waals surface area contributed by atoms with Crippen LogP contribution in [0.3, 0.4) is 0 Å². The van der Waals surface area contributed by atoms with E-state index in [1.807, 2.05) is 42.5 Å². The van der Waals surface area contributed by atoms with Crippen molar-refractivity contribution in [2.75, 3.05) is 5.32 Å². The molecule has 0 fully saturated rings. The van der Waals surface area contributed by atoms with Crippen molar-refractivity contribution in [3.05, 3.63) is 107 Å². The number of carboxylic acid groups (broad SMARTS) is 1. The third-order valence-corrected chi connectivity index (χ3v) is 7.49. The number of rotatable bonds is 7. The number of carbonyl (C=O) groups excluding carboxylic acids is 1. The first kappa shape index (κ1) is 24.0. The number of hydrogen-bond donors (Lipinski definition) is 2. The summed E-state index contributed by atoms with van der Waals surface area (Å²) in [6.45, 7) is 1.99. The molecule has 180 valence electrons. The lowest BCUT2D eigenvalue weighted by atomic mass is 10.1. The Morgan fingerprint density at radius 1 is 0.944 bits per heavy atom. The van der Waals surface area contributed by atoms with Crippen molar-refractivity contribution in [3.63, 3.8) is 0 Å². The van der Waals surface area contributed by atoms with Gasteiger partial charge in [0.15, 0.2) is 0 Å². The van der Waals surface area contributed by atoms with E-state index in [0.717, 1.165) is 27.1 Å². The van der Waals surface area contributed by atoms with Crippen molar-refractivity contribution in [1.29, 1.82) is 0 Å². The lowest BCUT2D eigenvalue weighted by molar-refractivity contribution is -0.114. The number of hydrogen-bond acceptors (Lipinski definition) is 3. The molecule has 36 heavy (non-hydrogen) atoms. The molecular formula is C29H23ClN2O3S. The lowest BCUT2D eigenvalue weighted by Gasteiger charge is -2.12. The quantitative estimate of drug-likeness (QED) is 0.221. The van der Waals surface area contributed by atoms with Gasteiger partial charge in [0.2, 0.25) is 5.91 Å². The van der Waals surface area contributed by atoms with Gasteiger partial charge in [-0.2, -0.15) is 0 Å². The van der Waals surface area contributed by atoms with E-state index in [0.29, 0.717) is 23.0 Å². The second-order valence-corrected chi connectivity index (χ2v) is 9.95.